The van der Waals surface area contributed by atoms with Gasteiger partial charge >= 0.3 is 0 Å². The van der Waals surface area contributed by atoms with Gasteiger partial charge in [-0.3, -0.25) is 9.97 Å². The number of fused-ring (bicyclic) bond motifs is 4. The first kappa shape index (κ1) is 35.9. The van der Waals surface area contributed by atoms with Gasteiger partial charge in [-0.1, -0.05) is 111 Å². The summed E-state index contributed by atoms with van der Waals surface area (Å²) in [6.45, 7) is 17.2. The van der Waals surface area contributed by atoms with Crippen LogP contribution in [0, 0.1) is 46.8 Å². The van der Waals surface area contributed by atoms with Gasteiger partial charge in [0.15, 0.2) is 0 Å². The fourth-order valence-electron chi connectivity index (χ4n) is 6.17. The van der Waals surface area contributed by atoms with Gasteiger partial charge in [-0.05, 0) is 82.6 Å². The summed E-state index contributed by atoms with van der Waals surface area (Å²) in [4.78, 5) is 13.8. The number of hydrogen-bond donors (Lipinski definition) is 0. The average Bonchev–Trinajstić information content (AvgIpc) is 3.59. The van der Waals surface area contributed by atoms with E-state index >= 15 is 0 Å². The molecule has 4 aromatic heterocycles. The van der Waals surface area contributed by atoms with E-state index in [1.54, 1.807) is 6.26 Å². The second-order valence-corrected chi connectivity index (χ2v) is 14.4. The van der Waals surface area contributed by atoms with Crippen molar-refractivity contribution >= 4 is 32.6 Å². The molecule has 0 amide bonds. The van der Waals surface area contributed by atoms with Gasteiger partial charge in [-0.25, -0.2) is 0 Å². The summed E-state index contributed by atoms with van der Waals surface area (Å²) in [5, 5.41) is 4.41. The molecule has 8 aromatic rings. The van der Waals surface area contributed by atoms with E-state index in [9.17, 15) is 0 Å². The van der Waals surface area contributed by atoms with Crippen molar-refractivity contribution in [2.75, 3.05) is 0 Å². The van der Waals surface area contributed by atoms with E-state index in [0.29, 0.717) is 0 Å². The maximum Gasteiger partial charge on any atom is 0.0847 e. The molecule has 0 fully saturated rings. The van der Waals surface area contributed by atoms with Gasteiger partial charge in [0.2, 0.25) is 0 Å². The average molecular weight is 844 g/mol. The van der Waals surface area contributed by atoms with Crippen LogP contribution < -0.4 is 0 Å². The quantitative estimate of drug-likeness (QED) is 0.166. The van der Waals surface area contributed by atoms with E-state index in [2.05, 4.69) is 137 Å². The predicted molar refractivity (Wildman–Crippen MR) is 207 cm³/mol. The van der Waals surface area contributed by atoms with Crippen molar-refractivity contribution in [3.63, 3.8) is 0 Å². The van der Waals surface area contributed by atoms with Crippen LogP contribution in [0.5, 0.6) is 0 Å². The van der Waals surface area contributed by atoms with Crippen LogP contribution in [0.4, 0.5) is 0 Å². The van der Waals surface area contributed by atoms with Crippen LogP contribution in [-0.2, 0) is 25.5 Å². The number of pyridine rings is 3. The van der Waals surface area contributed by atoms with Gasteiger partial charge < -0.3 is 9.40 Å². The van der Waals surface area contributed by atoms with Crippen molar-refractivity contribution in [1.29, 1.82) is 0 Å². The van der Waals surface area contributed by atoms with Gasteiger partial charge in [0.1, 0.15) is 0 Å². The smallest absolute Gasteiger partial charge is 0.0847 e. The Morgan fingerprint density at radius 3 is 2.16 bits per heavy atom. The first-order valence-electron chi connectivity index (χ1n) is 17.1. The Hall–Kier alpha value is -4.96. The van der Waals surface area contributed by atoms with Crippen LogP contribution in [0.2, 0.25) is 0 Å². The summed E-state index contributed by atoms with van der Waals surface area (Å²) in [6, 6.07) is 34.8. The van der Waals surface area contributed by atoms with Crippen molar-refractivity contribution in [2.24, 2.45) is 0 Å². The molecule has 0 aliphatic rings. The van der Waals surface area contributed by atoms with Crippen LogP contribution in [-0.4, -0.2) is 15.0 Å². The minimum atomic E-state index is 0. The van der Waals surface area contributed by atoms with Crippen molar-refractivity contribution < 1.29 is 24.5 Å². The molecule has 51 heavy (non-hydrogen) atoms. The molecule has 1 radical (unpaired) electrons. The normalized spacial score (nSPS) is 11.4. The molecule has 257 valence electrons. The maximum absolute atomic E-state index is 5.71. The monoisotopic (exact) mass is 844 g/mol. The second kappa shape index (κ2) is 14.3. The molecule has 4 aromatic carbocycles. The first-order chi connectivity index (χ1) is 23.9. The molecule has 5 heteroatoms. The zero-order valence-electron chi connectivity index (χ0n) is 30.4. The third-order valence-corrected chi connectivity index (χ3v) is 9.56. The van der Waals surface area contributed by atoms with E-state index < -0.39 is 0 Å². The predicted octanol–water partition coefficient (Wildman–Crippen LogP) is 12.0. The fraction of sp³-hybridized carbons (Fsp3) is 0.196. The molecule has 0 bridgehead atoms. The van der Waals surface area contributed by atoms with Crippen LogP contribution in [0.25, 0.3) is 66.3 Å². The van der Waals surface area contributed by atoms with Gasteiger partial charge in [-0.2, -0.15) is 0 Å². The van der Waals surface area contributed by atoms with Gasteiger partial charge in [0, 0.05) is 56.2 Å². The summed E-state index contributed by atoms with van der Waals surface area (Å²) in [5.41, 5.74) is 15.4. The molecule has 8 rings (SSSR count). The van der Waals surface area contributed by atoms with Crippen molar-refractivity contribution in [3.8, 4) is 33.6 Å². The molecule has 0 unspecified atom stereocenters. The number of benzene rings is 4. The molecule has 0 aliphatic carbocycles. The summed E-state index contributed by atoms with van der Waals surface area (Å²) < 4.78 is 5.71. The van der Waals surface area contributed by atoms with E-state index in [0.717, 1.165) is 55.5 Å². The minimum absolute atomic E-state index is 0. The number of rotatable bonds is 3. The SMILES string of the molecule is Cc1c[c-]c(-c2cc(C)c(C)cn2)cc1C.Cc1cnc2c(c1)c(-c1cc(-c3ccc4cc(C(C)(C)C)ccc4c3)ccn1)[c-]c1ccoc12.[Ir]. The third kappa shape index (κ3) is 7.42. The number of hydrogen-bond acceptors (Lipinski definition) is 4. The Balaban J connectivity index is 0.000000222. The molecule has 0 N–H and O–H groups in total. The Bertz CT molecular complexity index is 2490. The third-order valence-electron chi connectivity index (χ3n) is 9.56. The molecular formula is C46H41IrN3O-2. The number of furan rings is 1. The minimum Gasteiger partial charge on any atom is -0.506 e. The Kier molecular flexibility index (Phi) is 10.1. The molecule has 0 saturated carbocycles. The number of aryl methyl sites for hydroxylation is 5. The first-order valence-corrected chi connectivity index (χ1v) is 17.1. The topological polar surface area (TPSA) is 51.8 Å². The van der Waals surface area contributed by atoms with E-state index in [1.165, 1.54) is 44.2 Å². The number of nitrogens with zero attached hydrogens (tertiary/aromatic N) is 3. The van der Waals surface area contributed by atoms with Gasteiger partial charge in [0.05, 0.1) is 5.58 Å². The van der Waals surface area contributed by atoms with Crippen LogP contribution in [0.1, 0.15) is 54.2 Å². The molecule has 0 spiro atoms. The van der Waals surface area contributed by atoms with Crippen molar-refractivity contribution in [3.05, 3.63) is 149 Å². The van der Waals surface area contributed by atoms with Crippen molar-refractivity contribution in [1.82, 2.24) is 15.0 Å². The largest absolute Gasteiger partial charge is 0.506 e. The zero-order chi connectivity index (χ0) is 35.2. The molecule has 0 saturated heterocycles. The number of aromatic nitrogens is 3. The van der Waals surface area contributed by atoms with E-state index in [-0.39, 0.29) is 25.5 Å². The van der Waals surface area contributed by atoms with Crippen LogP contribution in [0.15, 0.2) is 108 Å². The van der Waals surface area contributed by atoms with Crippen LogP contribution in [0.3, 0.4) is 0 Å². The van der Waals surface area contributed by atoms with E-state index in [1.807, 2.05) is 37.6 Å². The zero-order valence-corrected chi connectivity index (χ0v) is 32.8. The van der Waals surface area contributed by atoms with E-state index in [4.69, 9.17) is 9.40 Å². The summed E-state index contributed by atoms with van der Waals surface area (Å²) in [5.74, 6) is 0. The molecular weight excluding hydrogens is 803 g/mol. The molecule has 0 atom stereocenters. The Labute approximate surface area is 314 Å². The van der Waals surface area contributed by atoms with Crippen LogP contribution >= 0.6 is 0 Å². The molecule has 0 aliphatic heterocycles. The Morgan fingerprint density at radius 1 is 0.647 bits per heavy atom. The fourth-order valence-corrected chi connectivity index (χ4v) is 6.17. The summed E-state index contributed by atoms with van der Waals surface area (Å²) in [7, 11) is 0. The second-order valence-electron chi connectivity index (χ2n) is 14.4. The summed E-state index contributed by atoms with van der Waals surface area (Å²) in [6.07, 6.45) is 7.36. The Morgan fingerprint density at radius 2 is 1.39 bits per heavy atom. The summed E-state index contributed by atoms with van der Waals surface area (Å²) >= 11 is 0. The molecule has 4 nitrogen and oxygen atoms in total. The van der Waals surface area contributed by atoms with Gasteiger partial charge in [0.25, 0.3) is 0 Å². The molecule has 4 heterocycles. The standard InChI is InChI=1S/C31H25N2O.C15H16N.Ir/c1-19-13-27-26(16-24-10-12-34-30(24)29(27)33-18-19)28-17-23(9-11-32-28)20-5-6-22-15-25(31(2,3)4)8-7-21(22)14-20;1-10-5-6-14(7-11(10)2)15-8-12(3)13(4)9-16-15;/h5-15,17-18H,1-4H3;5,7-9H,1-4H3;/q2*-1;. The van der Waals surface area contributed by atoms with Gasteiger partial charge in [-0.15, -0.1) is 41.0 Å². The van der Waals surface area contributed by atoms with Crippen molar-refractivity contribution in [2.45, 2.75) is 60.8 Å². The maximum atomic E-state index is 5.71.